The minimum atomic E-state index is -2.04. The third-order valence-corrected chi connectivity index (χ3v) is 12.3. The molecule has 5 aliphatic rings. The molecule has 5 saturated heterocycles. The summed E-state index contributed by atoms with van der Waals surface area (Å²) in [5.41, 5.74) is 0. The first-order chi connectivity index (χ1) is 33.5. The van der Waals surface area contributed by atoms with Crippen molar-refractivity contribution in [1.82, 2.24) is 26.6 Å². The zero-order valence-corrected chi connectivity index (χ0v) is 39.1. The van der Waals surface area contributed by atoms with Gasteiger partial charge < -0.3 is 130 Å². The van der Waals surface area contributed by atoms with Gasteiger partial charge in [-0.05, 0) is 0 Å². The molecule has 0 aliphatic carbocycles. The van der Waals surface area contributed by atoms with E-state index in [1.54, 1.807) is 0 Å². The summed E-state index contributed by atoms with van der Waals surface area (Å²) in [4.78, 5) is 61.5. The number of hydrogen-bond donors (Lipinski definition) is 17. The van der Waals surface area contributed by atoms with Crippen LogP contribution in [0.3, 0.4) is 0 Å². The van der Waals surface area contributed by atoms with Crippen LogP contribution in [0.2, 0.25) is 0 Å². The molecule has 0 bridgehead atoms. The van der Waals surface area contributed by atoms with Crippen molar-refractivity contribution >= 4 is 29.5 Å². The van der Waals surface area contributed by atoms with E-state index < -0.39 is 216 Å². The number of hydrogen-bond acceptors (Lipinski definition) is 26. The summed E-state index contributed by atoms with van der Waals surface area (Å²) in [6.45, 7) is 0.986. The predicted octanol–water partition coefficient (Wildman–Crippen LogP) is -11.2. The van der Waals surface area contributed by atoms with Crippen LogP contribution in [0.4, 0.5) is 0 Å². The summed E-state index contributed by atoms with van der Waals surface area (Å²) in [7, 11) is 0. The second-order valence-electron chi connectivity index (χ2n) is 17.7. The van der Waals surface area contributed by atoms with Gasteiger partial charge >= 0.3 is 0 Å². The molecule has 5 fully saturated rings. The fourth-order valence-electron chi connectivity index (χ4n) is 8.95. The van der Waals surface area contributed by atoms with Gasteiger partial charge in [0.05, 0.1) is 33.0 Å². The average Bonchev–Trinajstić information content (AvgIpc) is 3.30. The lowest BCUT2D eigenvalue weighted by atomic mass is 9.93. The van der Waals surface area contributed by atoms with Gasteiger partial charge in [0.2, 0.25) is 29.5 Å². The van der Waals surface area contributed by atoms with Crippen LogP contribution in [-0.4, -0.2) is 277 Å². The monoisotopic (exact) mass is 1030 g/mol. The van der Waals surface area contributed by atoms with Crippen molar-refractivity contribution in [2.45, 2.75) is 188 Å². The molecule has 0 aromatic rings. The van der Waals surface area contributed by atoms with Gasteiger partial charge in [-0.2, -0.15) is 0 Å². The van der Waals surface area contributed by atoms with Crippen molar-refractivity contribution in [2.75, 3.05) is 33.0 Å². The highest BCUT2D eigenvalue weighted by molar-refractivity contribution is 5.75. The Morgan fingerprint density at radius 3 is 1.04 bits per heavy atom. The van der Waals surface area contributed by atoms with Crippen LogP contribution >= 0.6 is 0 Å². The van der Waals surface area contributed by atoms with Gasteiger partial charge in [-0.1, -0.05) is 0 Å². The highest BCUT2D eigenvalue weighted by atomic mass is 16.8. The van der Waals surface area contributed by atoms with E-state index in [-0.39, 0.29) is 0 Å². The van der Waals surface area contributed by atoms with Crippen LogP contribution < -0.4 is 26.6 Å². The van der Waals surface area contributed by atoms with E-state index in [4.69, 9.17) is 42.6 Å². The Bertz CT molecular complexity index is 1790. The SMILES string of the molecule is CC(=O)N[C@H]1[C@H](OC[C@H]2OC(O)[C@H](NC(C)=O)[C@@H](O[C@@H]3O[C@H](CO)[C@@H](OC4O[C@H](CO)[C@H](O)[C@H](O)[C@H]4NC(C)=O)[C@H](O)[C@H]3NC(C)=O)[C@H]2O)O[C@H](CO)[C@@H](OC2O[C@H](CO)[C@H](O)[C@H](O)[C@H]2NC(C)=O)[C@@H]1O. The number of aliphatic hydroxyl groups excluding tert-OH is 12. The van der Waals surface area contributed by atoms with Crippen molar-refractivity contribution in [1.29, 1.82) is 0 Å². The standard InChI is InChI=1S/C40H67N5O26/c1-11(50)41-21-29(58)26(55)16(6-46)65-38(21)69-33-18(8-48)67-37(23(31(33)60)43-13(3)52)63-10-20-28(57)35(25(36(62)64-20)45-15(5)54)71-40-24(44-14(4)53)32(61)34(19(9-49)68-40)70-39-22(42-12(2)51)30(59)27(56)17(7-47)66-39/h16-40,46-49,55-62H,6-10H2,1-5H3,(H,41,50)(H,42,51)(H,43,52)(H,44,53)(H,45,54)/t16-,17-,18-,19-,20-,21-,22-,23-,24-,25-,26+,27+,28+,29-,30-,31-,32-,33-,34-,35-,36?,37-,38?,39?,40+/m1/s1. The number of ether oxygens (including phenoxy) is 9. The third kappa shape index (κ3) is 13.8. The fourth-order valence-corrected chi connectivity index (χ4v) is 8.95. The molecule has 0 saturated carbocycles. The summed E-state index contributed by atoms with van der Waals surface area (Å²) in [6, 6.07) is -7.95. The molecule has 17 N–H and O–H groups in total. The zero-order chi connectivity index (χ0) is 52.8. The molecule has 31 nitrogen and oxygen atoms in total. The van der Waals surface area contributed by atoms with Crippen LogP contribution in [0, 0.1) is 0 Å². The Morgan fingerprint density at radius 2 is 0.676 bits per heavy atom. The second kappa shape index (κ2) is 25.6. The highest BCUT2D eigenvalue weighted by Crippen LogP contribution is 2.34. The highest BCUT2D eigenvalue weighted by Gasteiger charge is 2.56. The summed E-state index contributed by atoms with van der Waals surface area (Å²) in [5, 5.41) is 142. The first kappa shape index (κ1) is 58.4. The predicted molar refractivity (Wildman–Crippen MR) is 225 cm³/mol. The van der Waals surface area contributed by atoms with Crippen LogP contribution in [0.1, 0.15) is 34.6 Å². The quantitative estimate of drug-likeness (QED) is 0.0606. The number of carbonyl (C=O) groups excluding carboxylic acids is 5. The fraction of sp³-hybridized carbons (Fsp3) is 0.875. The topological polar surface area (TPSA) is 471 Å². The molecular weight excluding hydrogens is 966 g/mol. The lowest BCUT2D eigenvalue weighted by Gasteiger charge is -2.50. The Kier molecular flexibility index (Phi) is 21.1. The minimum Gasteiger partial charge on any atom is -0.394 e. The van der Waals surface area contributed by atoms with Crippen LogP contribution in [0.25, 0.3) is 0 Å². The van der Waals surface area contributed by atoms with Crippen LogP contribution in [-0.2, 0) is 66.6 Å². The molecule has 5 amide bonds. The molecule has 0 radical (unpaired) electrons. The van der Waals surface area contributed by atoms with E-state index in [1.165, 1.54) is 0 Å². The summed E-state index contributed by atoms with van der Waals surface area (Å²) in [6.07, 6.45) is -34.8. The molecule has 31 heteroatoms. The van der Waals surface area contributed by atoms with E-state index in [1.807, 2.05) is 0 Å². The zero-order valence-electron chi connectivity index (χ0n) is 39.1. The number of amides is 5. The molecule has 71 heavy (non-hydrogen) atoms. The van der Waals surface area contributed by atoms with Gasteiger partial charge in [-0.25, -0.2) is 0 Å². The van der Waals surface area contributed by atoms with Gasteiger partial charge in [-0.15, -0.1) is 0 Å². The minimum absolute atomic E-state index is 0.700. The molecule has 0 aromatic carbocycles. The van der Waals surface area contributed by atoms with Gasteiger partial charge in [0.25, 0.3) is 0 Å². The number of rotatable bonds is 18. The summed E-state index contributed by atoms with van der Waals surface area (Å²) in [5.74, 6) is -3.74. The van der Waals surface area contributed by atoms with Crippen molar-refractivity contribution in [3.63, 3.8) is 0 Å². The van der Waals surface area contributed by atoms with Crippen molar-refractivity contribution < 1.29 is 128 Å². The molecule has 25 atom stereocenters. The number of nitrogens with one attached hydrogen (secondary N) is 5. The summed E-state index contributed by atoms with van der Waals surface area (Å²) < 4.78 is 52.6. The molecule has 5 aliphatic heterocycles. The molecule has 408 valence electrons. The third-order valence-electron chi connectivity index (χ3n) is 12.3. The number of carbonyl (C=O) groups is 5. The molecule has 0 spiro atoms. The average molecular weight is 1030 g/mol. The lowest BCUT2D eigenvalue weighted by molar-refractivity contribution is -0.353. The normalized spacial score (nSPS) is 43.9. The smallest absolute Gasteiger partial charge is 0.217 e. The molecule has 3 unspecified atom stereocenters. The van der Waals surface area contributed by atoms with E-state index in [9.17, 15) is 85.3 Å². The lowest BCUT2D eigenvalue weighted by Crippen LogP contribution is -2.71. The van der Waals surface area contributed by atoms with Gasteiger partial charge in [0, 0.05) is 34.6 Å². The van der Waals surface area contributed by atoms with Crippen LogP contribution in [0.5, 0.6) is 0 Å². The van der Waals surface area contributed by atoms with Crippen molar-refractivity contribution in [2.24, 2.45) is 0 Å². The van der Waals surface area contributed by atoms with Gasteiger partial charge in [0.15, 0.2) is 31.5 Å². The first-order valence-electron chi connectivity index (χ1n) is 22.5. The maximum atomic E-state index is 12.6. The van der Waals surface area contributed by atoms with E-state index >= 15 is 0 Å². The van der Waals surface area contributed by atoms with Crippen LogP contribution in [0.15, 0.2) is 0 Å². The molecular formula is C40H67N5O26. The Hall–Kier alpha value is -3.49. The van der Waals surface area contributed by atoms with E-state index in [0.29, 0.717) is 0 Å². The van der Waals surface area contributed by atoms with E-state index in [2.05, 4.69) is 26.6 Å². The Morgan fingerprint density at radius 1 is 0.366 bits per heavy atom. The Balaban J connectivity index is 1.38. The maximum Gasteiger partial charge on any atom is 0.217 e. The number of aliphatic hydroxyl groups is 12. The van der Waals surface area contributed by atoms with E-state index in [0.717, 1.165) is 34.6 Å². The Labute approximate surface area is 404 Å². The second-order valence-corrected chi connectivity index (χ2v) is 17.7. The van der Waals surface area contributed by atoms with Gasteiger partial charge in [-0.3, -0.25) is 24.0 Å². The summed E-state index contributed by atoms with van der Waals surface area (Å²) >= 11 is 0. The first-order valence-corrected chi connectivity index (χ1v) is 22.5. The largest absolute Gasteiger partial charge is 0.394 e. The van der Waals surface area contributed by atoms with Gasteiger partial charge in [0.1, 0.15) is 122 Å². The van der Waals surface area contributed by atoms with Crippen molar-refractivity contribution in [3.8, 4) is 0 Å². The van der Waals surface area contributed by atoms with Crippen molar-refractivity contribution in [3.05, 3.63) is 0 Å². The molecule has 5 heterocycles. The maximum absolute atomic E-state index is 12.6. The molecule has 5 rings (SSSR count). The molecule has 0 aromatic heterocycles.